The Morgan fingerprint density at radius 1 is 1.14 bits per heavy atom. The van der Waals surface area contributed by atoms with Crippen LogP contribution in [0.3, 0.4) is 0 Å². The van der Waals surface area contributed by atoms with Gasteiger partial charge in [-0.3, -0.25) is 0 Å². The van der Waals surface area contributed by atoms with Gasteiger partial charge in [-0.05, 0) is 38.0 Å². The molecule has 0 aromatic rings. The molecule has 0 N–H and O–H groups in total. The van der Waals surface area contributed by atoms with Crippen LogP contribution in [0.5, 0.6) is 0 Å². The van der Waals surface area contributed by atoms with Crippen LogP contribution in [0.15, 0.2) is 11.6 Å². The van der Waals surface area contributed by atoms with E-state index in [0.29, 0.717) is 0 Å². The van der Waals surface area contributed by atoms with Crippen molar-refractivity contribution in [3.8, 4) is 0 Å². The van der Waals surface area contributed by atoms with Gasteiger partial charge in [-0.1, -0.05) is 51.2 Å². The van der Waals surface area contributed by atoms with E-state index < -0.39 is 0 Å². The van der Waals surface area contributed by atoms with Gasteiger partial charge in [-0.15, -0.1) is 0 Å². The summed E-state index contributed by atoms with van der Waals surface area (Å²) in [6, 6.07) is 0. The molecule has 0 aromatic heterocycles. The van der Waals surface area contributed by atoms with Gasteiger partial charge in [-0.2, -0.15) is 0 Å². The first-order valence-electron chi connectivity index (χ1n) is 6.54. The molecule has 0 amide bonds. The Balaban J connectivity index is 2.32. The normalized spacial score (nSPS) is 17.2. The van der Waals surface area contributed by atoms with Crippen molar-refractivity contribution < 1.29 is 0 Å². The Hall–Kier alpha value is -0.260. The summed E-state index contributed by atoms with van der Waals surface area (Å²) in [5, 5.41) is 0. The van der Waals surface area contributed by atoms with Gasteiger partial charge in [0.25, 0.3) is 0 Å². The van der Waals surface area contributed by atoms with Gasteiger partial charge in [0.15, 0.2) is 0 Å². The molecule has 1 aliphatic rings. The summed E-state index contributed by atoms with van der Waals surface area (Å²) in [4.78, 5) is 0. The zero-order valence-electron chi connectivity index (χ0n) is 10.0. The predicted molar refractivity (Wildman–Crippen MR) is 64.5 cm³/mol. The Bertz CT molecular complexity index is 161. The lowest BCUT2D eigenvalue weighted by Crippen LogP contribution is -2.03. The van der Waals surface area contributed by atoms with Crippen LogP contribution in [0.1, 0.15) is 71.6 Å². The van der Waals surface area contributed by atoms with Crippen LogP contribution in [0.25, 0.3) is 0 Å². The standard InChI is InChI=1S/C14H26/c1-3-8-13(9-4-2)12-14-10-6-5-7-11-14/h10,13H,3-9,11-12H2,1-2H3. The fourth-order valence-corrected chi connectivity index (χ4v) is 2.63. The second-order valence-corrected chi connectivity index (χ2v) is 4.76. The molecule has 0 spiro atoms. The number of rotatable bonds is 6. The van der Waals surface area contributed by atoms with Gasteiger partial charge in [0.1, 0.15) is 0 Å². The summed E-state index contributed by atoms with van der Waals surface area (Å²) >= 11 is 0. The second kappa shape index (κ2) is 7.09. The molecule has 0 aromatic carbocycles. The van der Waals surface area contributed by atoms with Crippen molar-refractivity contribution in [1.29, 1.82) is 0 Å². The van der Waals surface area contributed by atoms with Crippen LogP contribution in [0.4, 0.5) is 0 Å². The molecule has 0 bridgehead atoms. The Morgan fingerprint density at radius 3 is 2.36 bits per heavy atom. The van der Waals surface area contributed by atoms with E-state index >= 15 is 0 Å². The molecule has 0 saturated heterocycles. The largest absolute Gasteiger partial charge is 0.0853 e. The number of allylic oxidation sites excluding steroid dienone is 2. The molecule has 0 nitrogen and oxygen atoms in total. The lowest BCUT2D eigenvalue weighted by molar-refractivity contribution is 0.427. The summed E-state index contributed by atoms with van der Waals surface area (Å²) in [5.74, 6) is 0.981. The van der Waals surface area contributed by atoms with Crippen molar-refractivity contribution in [2.45, 2.75) is 71.6 Å². The van der Waals surface area contributed by atoms with Crippen LogP contribution < -0.4 is 0 Å². The van der Waals surface area contributed by atoms with Crippen molar-refractivity contribution in [2.24, 2.45) is 5.92 Å². The summed E-state index contributed by atoms with van der Waals surface area (Å²) < 4.78 is 0. The van der Waals surface area contributed by atoms with Gasteiger partial charge in [0.05, 0.1) is 0 Å². The third-order valence-corrected chi connectivity index (χ3v) is 3.33. The maximum absolute atomic E-state index is 2.52. The van der Waals surface area contributed by atoms with E-state index in [2.05, 4.69) is 19.9 Å². The average Bonchev–Trinajstić information content (AvgIpc) is 2.20. The number of hydrogen-bond donors (Lipinski definition) is 0. The highest BCUT2D eigenvalue weighted by molar-refractivity contribution is 5.05. The van der Waals surface area contributed by atoms with Crippen LogP contribution in [-0.2, 0) is 0 Å². The third kappa shape index (κ3) is 4.30. The second-order valence-electron chi connectivity index (χ2n) is 4.76. The average molecular weight is 194 g/mol. The molecule has 14 heavy (non-hydrogen) atoms. The van der Waals surface area contributed by atoms with Gasteiger partial charge in [0.2, 0.25) is 0 Å². The Morgan fingerprint density at radius 2 is 1.86 bits per heavy atom. The van der Waals surface area contributed by atoms with Crippen molar-refractivity contribution in [3.63, 3.8) is 0 Å². The minimum absolute atomic E-state index is 0.981. The number of hydrogen-bond acceptors (Lipinski definition) is 0. The highest BCUT2D eigenvalue weighted by Crippen LogP contribution is 2.27. The van der Waals surface area contributed by atoms with Crippen molar-refractivity contribution in [2.75, 3.05) is 0 Å². The van der Waals surface area contributed by atoms with Crippen LogP contribution in [0.2, 0.25) is 0 Å². The molecule has 0 fully saturated rings. The summed E-state index contributed by atoms with van der Waals surface area (Å²) in [7, 11) is 0. The molecule has 0 aliphatic heterocycles. The zero-order chi connectivity index (χ0) is 10.2. The lowest BCUT2D eigenvalue weighted by atomic mass is 9.87. The van der Waals surface area contributed by atoms with Crippen molar-refractivity contribution in [3.05, 3.63) is 11.6 Å². The fourth-order valence-electron chi connectivity index (χ4n) is 2.63. The van der Waals surface area contributed by atoms with Gasteiger partial charge >= 0.3 is 0 Å². The molecule has 0 heterocycles. The molecule has 0 heteroatoms. The highest BCUT2D eigenvalue weighted by atomic mass is 14.2. The van der Waals surface area contributed by atoms with Crippen LogP contribution in [-0.4, -0.2) is 0 Å². The maximum atomic E-state index is 2.52. The summed E-state index contributed by atoms with van der Waals surface area (Å²) in [6.07, 6.45) is 15.1. The van der Waals surface area contributed by atoms with E-state index in [1.54, 1.807) is 5.57 Å². The van der Waals surface area contributed by atoms with E-state index in [0.717, 1.165) is 5.92 Å². The molecule has 1 rings (SSSR count). The monoisotopic (exact) mass is 194 g/mol. The predicted octanol–water partition coefficient (Wildman–Crippen LogP) is 5.09. The Kier molecular flexibility index (Phi) is 5.98. The smallest absolute Gasteiger partial charge is 0.0292 e. The lowest BCUT2D eigenvalue weighted by Gasteiger charge is -2.19. The molecular formula is C14H26. The summed E-state index contributed by atoms with van der Waals surface area (Å²) in [6.45, 7) is 4.63. The third-order valence-electron chi connectivity index (χ3n) is 3.33. The first kappa shape index (κ1) is 11.8. The first-order chi connectivity index (χ1) is 6.86. The van der Waals surface area contributed by atoms with E-state index in [1.807, 2.05) is 0 Å². The van der Waals surface area contributed by atoms with E-state index in [4.69, 9.17) is 0 Å². The minimum atomic E-state index is 0.981. The van der Waals surface area contributed by atoms with Crippen LogP contribution >= 0.6 is 0 Å². The van der Waals surface area contributed by atoms with E-state index in [1.165, 1.54) is 57.8 Å². The Labute approximate surface area is 89.8 Å². The summed E-state index contributed by atoms with van der Waals surface area (Å²) in [5.41, 5.74) is 1.77. The molecule has 0 radical (unpaired) electrons. The minimum Gasteiger partial charge on any atom is -0.0853 e. The van der Waals surface area contributed by atoms with Gasteiger partial charge in [-0.25, -0.2) is 0 Å². The fraction of sp³-hybridized carbons (Fsp3) is 0.857. The topological polar surface area (TPSA) is 0 Å². The van der Waals surface area contributed by atoms with Crippen LogP contribution in [0, 0.1) is 5.92 Å². The quantitative estimate of drug-likeness (QED) is 0.516. The molecular weight excluding hydrogens is 168 g/mol. The van der Waals surface area contributed by atoms with E-state index in [-0.39, 0.29) is 0 Å². The van der Waals surface area contributed by atoms with Crippen molar-refractivity contribution in [1.82, 2.24) is 0 Å². The first-order valence-corrected chi connectivity index (χ1v) is 6.54. The highest BCUT2D eigenvalue weighted by Gasteiger charge is 2.11. The van der Waals surface area contributed by atoms with Gasteiger partial charge in [0, 0.05) is 0 Å². The molecule has 82 valence electrons. The molecule has 1 aliphatic carbocycles. The van der Waals surface area contributed by atoms with E-state index in [9.17, 15) is 0 Å². The van der Waals surface area contributed by atoms with Gasteiger partial charge < -0.3 is 0 Å². The molecule has 0 unspecified atom stereocenters. The molecule has 0 saturated carbocycles. The SMILES string of the molecule is CCCC(CCC)CC1=CCCCC1. The van der Waals surface area contributed by atoms with Crippen molar-refractivity contribution >= 4 is 0 Å². The molecule has 0 atom stereocenters. The maximum Gasteiger partial charge on any atom is -0.0292 e. The zero-order valence-corrected chi connectivity index (χ0v) is 10.0.